The number of hydrogen-bond acceptors (Lipinski definition) is 6. The van der Waals surface area contributed by atoms with Gasteiger partial charge in [-0.15, -0.1) is 11.3 Å². The fourth-order valence-corrected chi connectivity index (χ4v) is 4.75. The maximum Gasteiger partial charge on any atom is 0.244 e. The van der Waals surface area contributed by atoms with Gasteiger partial charge in [-0.1, -0.05) is 42.5 Å². The third-order valence-electron chi connectivity index (χ3n) is 5.91. The van der Waals surface area contributed by atoms with Gasteiger partial charge in [0.1, 0.15) is 16.8 Å². The van der Waals surface area contributed by atoms with E-state index in [-0.39, 0.29) is 11.8 Å². The first-order valence-electron chi connectivity index (χ1n) is 11.7. The fraction of sp³-hybridized carbons (Fsp3) is 0.296. The van der Waals surface area contributed by atoms with Crippen LogP contribution >= 0.6 is 11.3 Å². The van der Waals surface area contributed by atoms with Crippen molar-refractivity contribution in [2.24, 2.45) is 0 Å². The molecule has 1 aromatic heterocycles. The van der Waals surface area contributed by atoms with Crippen LogP contribution in [-0.4, -0.2) is 65.9 Å². The van der Waals surface area contributed by atoms with Crippen molar-refractivity contribution < 1.29 is 14.3 Å². The first-order valence-corrected chi connectivity index (χ1v) is 12.5. The number of piperazine rings is 1. The SMILES string of the molecule is COc1ccc(/C=C/C(=O)NC(C)C(=O)N2CCN(Cc3csc(-c4ccccc4)n3)CC2)cc1. The van der Waals surface area contributed by atoms with E-state index in [9.17, 15) is 9.59 Å². The molecule has 0 bridgehead atoms. The summed E-state index contributed by atoms with van der Waals surface area (Å²) in [5.41, 5.74) is 3.07. The highest BCUT2D eigenvalue weighted by molar-refractivity contribution is 7.13. The number of ether oxygens (including phenoxy) is 1. The number of aromatic nitrogens is 1. The molecule has 1 saturated heterocycles. The standard InChI is InChI=1S/C27H30N4O3S/c1-20(28-25(32)13-10-21-8-11-24(34-2)12-9-21)27(33)31-16-14-30(15-17-31)18-23-19-35-26(29-23)22-6-4-3-5-7-22/h3-13,19-20H,14-18H2,1-2H3,(H,28,32)/b13-10+. The van der Waals surface area contributed by atoms with Crippen LogP contribution in [0.5, 0.6) is 5.75 Å². The van der Waals surface area contributed by atoms with Crippen molar-refractivity contribution >= 4 is 29.2 Å². The van der Waals surface area contributed by atoms with Gasteiger partial charge in [0.2, 0.25) is 11.8 Å². The van der Waals surface area contributed by atoms with Gasteiger partial charge in [-0.2, -0.15) is 0 Å². The monoisotopic (exact) mass is 490 g/mol. The minimum absolute atomic E-state index is 0.0594. The van der Waals surface area contributed by atoms with Gasteiger partial charge in [0, 0.05) is 49.7 Å². The molecule has 2 aromatic carbocycles. The second kappa shape index (κ2) is 11.8. The van der Waals surface area contributed by atoms with E-state index in [1.165, 1.54) is 6.08 Å². The maximum absolute atomic E-state index is 12.8. The number of benzene rings is 2. The molecule has 1 N–H and O–H groups in total. The second-order valence-electron chi connectivity index (χ2n) is 8.45. The Morgan fingerprint density at radius 3 is 2.49 bits per heavy atom. The number of methoxy groups -OCH3 is 1. The van der Waals surface area contributed by atoms with Gasteiger partial charge in [0.25, 0.3) is 0 Å². The lowest BCUT2D eigenvalue weighted by Crippen LogP contribution is -2.53. The molecule has 35 heavy (non-hydrogen) atoms. The van der Waals surface area contributed by atoms with Gasteiger partial charge >= 0.3 is 0 Å². The minimum atomic E-state index is -0.582. The van der Waals surface area contributed by atoms with Gasteiger partial charge in [-0.25, -0.2) is 4.98 Å². The van der Waals surface area contributed by atoms with Crippen LogP contribution in [0.3, 0.4) is 0 Å². The lowest BCUT2D eigenvalue weighted by Gasteiger charge is -2.35. The molecule has 1 aliphatic heterocycles. The van der Waals surface area contributed by atoms with Gasteiger partial charge in [0.15, 0.2) is 0 Å². The molecule has 2 amide bonds. The maximum atomic E-state index is 12.8. The molecule has 2 heterocycles. The number of rotatable bonds is 8. The van der Waals surface area contributed by atoms with Crippen molar-refractivity contribution in [2.75, 3.05) is 33.3 Å². The van der Waals surface area contributed by atoms with Crippen molar-refractivity contribution in [1.29, 1.82) is 0 Å². The molecule has 0 aliphatic carbocycles. The van der Waals surface area contributed by atoms with Gasteiger partial charge in [-0.3, -0.25) is 14.5 Å². The molecule has 1 fully saturated rings. The Labute approximate surface area is 210 Å². The third-order valence-corrected chi connectivity index (χ3v) is 6.85. The Morgan fingerprint density at radius 2 is 1.80 bits per heavy atom. The molecule has 1 aliphatic rings. The summed E-state index contributed by atoms with van der Waals surface area (Å²) in [5, 5.41) is 5.91. The van der Waals surface area contributed by atoms with Crippen molar-refractivity contribution in [3.8, 4) is 16.3 Å². The normalized spacial score (nSPS) is 15.2. The molecule has 182 valence electrons. The number of hydrogen-bond donors (Lipinski definition) is 1. The highest BCUT2D eigenvalue weighted by Crippen LogP contribution is 2.24. The summed E-state index contributed by atoms with van der Waals surface area (Å²) in [4.78, 5) is 34.0. The number of thiazole rings is 1. The molecule has 7 nitrogen and oxygen atoms in total. The van der Waals surface area contributed by atoms with Gasteiger partial charge in [0.05, 0.1) is 12.8 Å². The van der Waals surface area contributed by atoms with Crippen molar-refractivity contribution in [1.82, 2.24) is 20.1 Å². The van der Waals surface area contributed by atoms with Crippen LogP contribution in [0.1, 0.15) is 18.2 Å². The summed E-state index contributed by atoms with van der Waals surface area (Å²) in [6, 6.07) is 17.0. The molecule has 3 aromatic rings. The van der Waals surface area contributed by atoms with E-state index in [1.54, 1.807) is 31.4 Å². The molecule has 1 atom stereocenters. The topological polar surface area (TPSA) is 74.8 Å². The molecule has 4 rings (SSSR count). The van der Waals surface area contributed by atoms with E-state index < -0.39 is 6.04 Å². The Kier molecular flexibility index (Phi) is 8.28. The number of amides is 2. The van der Waals surface area contributed by atoms with E-state index in [4.69, 9.17) is 9.72 Å². The molecule has 0 spiro atoms. The molecule has 0 saturated carbocycles. The Balaban J connectivity index is 1.22. The molecule has 8 heteroatoms. The molecule has 0 radical (unpaired) electrons. The number of nitrogens with one attached hydrogen (secondary N) is 1. The summed E-state index contributed by atoms with van der Waals surface area (Å²) in [7, 11) is 1.61. The first kappa shape index (κ1) is 24.6. The highest BCUT2D eigenvalue weighted by Gasteiger charge is 2.25. The minimum Gasteiger partial charge on any atom is -0.497 e. The zero-order chi connectivity index (χ0) is 24.6. The average molecular weight is 491 g/mol. The predicted molar refractivity (Wildman–Crippen MR) is 139 cm³/mol. The molecular formula is C27H30N4O3S. The first-order chi connectivity index (χ1) is 17.0. The van der Waals surface area contributed by atoms with Crippen LogP contribution in [-0.2, 0) is 16.1 Å². The van der Waals surface area contributed by atoms with E-state index in [1.807, 2.05) is 47.4 Å². The Morgan fingerprint density at radius 1 is 1.09 bits per heavy atom. The summed E-state index contributed by atoms with van der Waals surface area (Å²) in [6.07, 6.45) is 3.16. The van der Waals surface area contributed by atoms with Crippen LogP contribution < -0.4 is 10.1 Å². The fourth-order valence-electron chi connectivity index (χ4n) is 3.93. The number of carbonyl (C=O) groups is 2. The summed E-state index contributed by atoms with van der Waals surface area (Å²) in [5.74, 6) is 0.406. The van der Waals surface area contributed by atoms with E-state index in [2.05, 4.69) is 27.7 Å². The van der Waals surface area contributed by atoms with Crippen LogP contribution in [0.4, 0.5) is 0 Å². The van der Waals surface area contributed by atoms with Crippen LogP contribution in [0.2, 0.25) is 0 Å². The Hall–Kier alpha value is -3.49. The lowest BCUT2D eigenvalue weighted by atomic mass is 10.2. The van der Waals surface area contributed by atoms with Crippen molar-refractivity contribution in [2.45, 2.75) is 19.5 Å². The Bertz CT molecular complexity index is 1150. The zero-order valence-corrected chi connectivity index (χ0v) is 20.8. The number of carbonyl (C=O) groups excluding carboxylic acids is 2. The molecule has 1 unspecified atom stereocenters. The third kappa shape index (κ3) is 6.77. The zero-order valence-electron chi connectivity index (χ0n) is 20.0. The summed E-state index contributed by atoms with van der Waals surface area (Å²) >= 11 is 1.66. The van der Waals surface area contributed by atoms with Crippen molar-refractivity contribution in [3.63, 3.8) is 0 Å². The van der Waals surface area contributed by atoms with Crippen LogP contribution in [0, 0.1) is 0 Å². The van der Waals surface area contributed by atoms with Crippen molar-refractivity contribution in [3.05, 3.63) is 77.3 Å². The van der Waals surface area contributed by atoms with Crippen LogP contribution in [0.15, 0.2) is 66.1 Å². The average Bonchev–Trinajstić information content (AvgIpc) is 3.37. The van der Waals surface area contributed by atoms with Crippen LogP contribution in [0.25, 0.3) is 16.6 Å². The second-order valence-corrected chi connectivity index (χ2v) is 9.31. The van der Waals surface area contributed by atoms with E-state index in [0.29, 0.717) is 13.1 Å². The quantitative estimate of drug-likeness (QED) is 0.488. The number of nitrogens with zero attached hydrogens (tertiary/aromatic N) is 3. The predicted octanol–water partition coefficient (Wildman–Crippen LogP) is 3.68. The van der Waals surface area contributed by atoms with E-state index >= 15 is 0 Å². The van der Waals surface area contributed by atoms with Gasteiger partial charge < -0.3 is 15.0 Å². The summed E-state index contributed by atoms with van der Waals surface area (Å²) < 4.78 is 5.13. The molecular weight excluding hydrogens is 460 g/mol. The highest BCUT2D eigenvalue weighted by atomic mass is 32.1. The van der Waals surface area contributed by atoms with Gasteiger partial charge in [-0.05, 0) is 30.7 Å². The van der Waals surface area contributed by atoms with E-state index in [0.717, 1.165) is 47.2 Å². The smallest absolute Gasteiger partial charge is 0.244 e. The lowest BCUT2D eigenvalue weighted by molar-refractivity contribution is -0.136. The summed E-state index contributed by atoms with van der Waals surface area (Å²) in [6.45, 7) is 5.33. The largest absolute Gasteiger partial charge is 0.497 e.